The zero-order valence-electron chi connectivity index (χ0n) is 11.2. The van der Waals surface area contributed by atoms with E-state index in [1.165, 1.54) is 0 Å². The van der Waals surface area contributed by atoms with Gasteiger partial charge in [0.2, 0.25) is 0 Å². The average molecular weight is 311 g/mol. The normalized spacial score (nSPS) is 12.6. The number of carbonyl (C=O) groups is 1. The molecule has 1 atom stereocenters. The highest BCUT2D eigenvalue weighted by molar-refractivity contribution is 7.05. The van der Waals surface area contributed by atoms with E-state index in [1.807, 2.05) is 26.0 Å². The molecular formula is C14H15ClN2O2S. The lowest BCUT2D eigenvalue weighted by molar-refractivity contribution is -0.138. The molecule has 2 aromatic rings. The van der Waals surface area contributed by atoms with Gasteiger partial charge in [-0.3, -0.25) is 4.79 Å². The maximum atomic E-state index is 11.5. The van der Waals surface area contributed by atoms with Crippen LogP contribution < -0.4 is 0 Å². The van der Waals surface area contributed by atoms with Crippen LogP contribution in [0.1, 0.15) is 42.1 Å². The molecule has 0 spiro atoms. The molecule has 1 unspecified atom stereocenters. The highest BCUT2D eigenvalue weighted by Gasteiger charge is 2.25. The van der Waals surface area contributed by atoms with Crippen molar-refractivity contribution in [3.8, 4) is 0 Å². The maximum absolute atomic E-state index is 11.5. The molecule has 1 heterocycles. The number of nitrogens with zero attached hydrogens (tertiary/aromatic N) is 2. The lowest BCUT2D eigenvalue weighted by Gasteiger charge is -2.09. The molecule has 1 aromatic carbocycles. The molecule has 6 heteroatoms. The van der Waals surface area contributed by atoms with E-state index < -0.39 is 11.9 Å². The molecule has 1 aromatic heterocycles. The van der Waals surface area contributed by atoms with Gasteiger partial charge in [0.25, 0.3) is 0 Å². The minimum Gasteiger partial charge on any atom is -0.481 e. The van der Waals surface area contributed by atoms with E-state index in [-0.39, 0.29) is 5.92 Å². The van der Waals surface area contributed by atoms with E-state index >= 15 is 0 Å². The summed E-state index contributed by atoms with van der Waals surface area (Å²) in [6.07, 6.45) is 0.364. The number of carboxylic acids is 1. The Morgan fingerprint density at radius 3 is 2.75 bits per heavy atom. The molecule has 0 amide bonds. The molecule has 4 nitrogen and oxygen atoms in total. The number of hydrogen-bond donors (Lipinski definition) is 1. The van der Waals surface area contributed by atoms with E-state index in [1.54, 1.807) is 12.1 Å². The summed E-state index contributed by atoms with van der Waals surface area (Å²) in [7, 11) is 0. The Bertz CT molecular complexity index is 613. The number of aromatic nitrogens is 2. The average Bonchev–Trinajstić information content (AvgIpc) is 2.85. The SMILES string of the molecule is CC(C)c1nsc(C(Cc2cccc(Cl)c2)C(=O)O)n1. The Balaban J connectivity index is 2.24. The fourth-order valence-electron chi connectivity index (χ4n) is 1.80. The van der Waals surface area contributed by atoms with E-state index in [0.29, 0.717) is 22.3 Å². The second kappa shape index (κ2) is 6.33. The van der Waals surface area contributed by atoms with Gasteiger partial charge >= 0.3 is 5.97 Å². The van der Waals surface area contributed by atoms with Gasteiger partial charge in [0, 0.05) is 10.9 Å². The smallest absolute Gasteiger partial charge is 0.313 e. The summed E-state index contributed by atoms with van der Waals surface area (Å²) in [6.45, 7) is 3.97. The van der Waals surface area contributed by atoms with Crippen LogP contribution in [0.3, 0.4) is 0 Å². The van der Waals surface area contributed by atoms with E-state index in [4.69, 9.17) is 11.6 Å². The van der Waals surface area contributed by atoms with Crippen LogP contribution in [-0.2, 0) is 11.2 Å². The van der Waals surface area contributed by atoms with Crippen LogP contribution in [0.4, 0.5) is 0 Å². The molecule has 20 heavy (non-hydrogen) atoms. The Morgan fingerprint density at radius 2 is 2.20 bits per heavy atom. The topological polar surface area (TPSA) is 63.1 Å². The first-order valence-electron chi connectivity index (χ1n) is 6.28. The summed E-state index contributed by atoms with van der Waals surface area (Å²) in [5, 5.41) is 10.6. The molecule has 0 radical (unpaired) electrons. The first-order valence-corrected chi connectivity index (χ1v) is 7.43. The van der Waals surface area contributed by atoms with Crippen molar-refractivity contribution >= 4 is 29.1 Å². The Hall–Kier alpha value is -1.46. The first kappa shape index (κ1) is 14.9. The van der Waals surface area contributed by atoms with Crippen molar-refractivity contribution in [1.29, 1.82) is 0 Å². The first-order chi connectivity index (χ1) is 9.47. The van der Waals surface area contributed by atoms with Gasteiger partial charge in [-0.25, -0.2) is 4.98 Å². The van der Waals surface area contributed by atoms with Crippen molar-refractivity contribution < 1.29 is 9.90 Å². The van der Waals surface area contributed by atoms with Crippen LogP contribution in [0.25, 0.3) is 0 Å². The molecule has 0 bridgehead atoms. The van der Waals surface area contributed by atoms with Gasteiger partial charge in [0.15, 0.2) is 0 Å². The second-order valence-corrected chi connectivity index (χ2v) is 6.09. The van der Waals surface area contributed by atoms with Crippen LogP contribution in [0.2, 0.25) is 5.02 Å². The molecule has 2 rings (SSSR count). The number of halogens is 1. The molecule has 0 aliphatic rings. The quantitative estimate of drug-likeness (QED) is 0.914. The maximum Gasteiger partial charge on any atom is 0.313 e. The third-order valence-electron chi connectivity index (χ3n) is 2.90. The summed E-state index contributed by atoms with van der Waals surface area (Å²) in [5.74, 6) is -0.683. The zero-order valence-corrected chi connectivity index (χ0v) is 12.8. The number of benzene rings is 1. The fraction of sp³-hybridized carbons (Fsp3) is 0.357. The molecule has 0 aliphatic carbocycles. The highest BCUT2D eigenvalue weighted by Crippen LogP contribution is 2.26. The van der Waals surface area contributed by atoms with Gasteiger partial charge in [-0.2, -0.15) is 4.37 Å². The number of rotatable bonds is 5. The van der Waals surface area contributed by atoms with Crippen LogP contribution in [0.15, 0.2) is 24.3 Å². The fourth-order valence-corrected chi connectivity index (χ4v) is 2.90. The van der Waals surface area contributed by atoms with Gasteiger partial charge in [-0.1, -0.05) is 37.6 Å². The summed E-state index contributed by atoms with van der Waals surface area (Å²) >= 11 is 7.09. The molecular weight excluding hydrogens is 296 g/mol. The van der Waals surface area contributed by atoms with Crippen molar-refractivity contribution in [1.82, 2.24) is 9.36 Å². The van der Waals surface area contributed by atoms with E-state index in [2.05, 4.69) is 9.36 Å². The lowest BCUT2D eigenvalue weighted by atomic mass is 10.00. The third-order valence-corrected chi connectivity index (χ3v) is 3.98. The monoisotopic (exact) mass is 310 g/mol. The Kier molecular flexibility index (Phi) is 4.73. The van der Waals surface area contributed by atoms with Gasteiger partial charge in [0.1, 0.15) is 16.7 Å². The molecule has 0 fully saturated rings. The molecule has 0 saturated heterocycles. The standard InChI is InChI=1S/C14H15ClN2O2S/c1-8(2)12-16-13(20-17-12)11(14(18)19)7-9-4-3-5-10(15)6-9/h3-6,8,11H,7H2,1-2H3,(H,18,19). The van der Waals surface area contributed by atoms with E-state index in [9.17, 15) is 9.90 Å². The van der Waals surface area contributed by atoms with Crippen molar-refractivity contribution in [2.24, 2.45) is 0 Å². The summed E-state index contributed by atoms with van der Waals surface area (Å²) in [5.41, 5.74) is 0.881. The molecule has 1 N–H and O–H groups in total. The second-order valence-electron chi connectivity index (χ2n) is 4.87. The van der Waals surface area contributed by atoms with Crippen LogP contribution in [0.5, 0.6) is 0 Å². The Labute approximate surface area is 126 Å². The van der Waals surface area contributed by atoms with Crippen molar-refractivity contribution in [3.05, 3.63) is 45.7 Å². The van der Waals surface area contributed by atoms with Crippen molar-refractivity contribution in [2.45, 2.75) is 32.1 Å². The summed E-state index contributed by atoms with van der Waals surface area (Å²) in [6, 6.07) is 7.23. The van der Waals surface area contributed by atoms with E-state index in [0.717, 1.165) is 17.1 Å². The minimum absolute atomic E-state index is 0.195. The van der Waals surface area contributed by atoms with Gasteiger partial charge in [0.05, 0.1) is 0 Å². The summed E-state index contributed by atoms with van der Waals surface area (Å²) in [4.78, 5) is 15.8. The van der Waals surface area contributed by atoms with Crippen molar-refractivity contribution in [3.63, 3.8) is 0 Å². The van der Waals surface area contributed by atoms with Gasteiger partial charge in [-0.05, 0) is 35.6 Å². The van der Waals surface area contributed by atoms with Gasteiger partial charge in [-0.15, -0.1) is 0 Å². The largest absolute Gasteiger partial charge is 0.481 e. The van der Waals surface area contributed by atoms with Crippen LogP contribution in [-0.4, -0.2) is 20.4 Å². The number of hydrogen-bond acceptors (Lipinski definition) is 4. The third kappa shape index (κ3) is 3.55. The van der Waals surface area contributed by atoms with Crippen molar-refractivity contribution in [2.75, 3.05) is 0 Å². The van der Waals surface area contributed by atoms with Crippen LogP contribution >= 0.6 is 23.1 Å². The predicted octanol–water partition coefficient (Wildman–Crippen LogP) is 3.73. The lowest BCUT2D eigenvalue weighted by Crippen LogP contribution is -2.14. The predicted molar refractivity (Wildman–Crippen MR) is 79.5 cm³/mol. The highest BCUT2D eigenvalue weighted by atomic mass is 35.5. The summed E-state index contributed by atoms with van der Waals surface area (Å²) < 4.78 is 4.22. The minimum atomic E-state index is -0.892. The number of aliphatic carboxylic acids is 1. The Morgan fingerprint density at radius 1 is 1.45 bits per heavy atom. The molecule has 106 valence electrons. The number of carboxylic acid groups (broad SMARTS) is 1. The van der Waals surface area contributed by atoms with Gasteiger partial charge < -0.3 is 5.11 Å². The zero-order chi connectivity index (χ0) is 14.7. The molecule has 0 saturated carbocycles. The van der Waals surface area contributed by atoms with Crippen LogP contribution in [0, 0.1) is 0 Å². The molecule has 0 aliphatic heterocycles.